The molecule has 0 unspecified atom stereocenters. The fraction of sp³-hybridized carbons (Fsp3) is 0.458. The summed E-state index contributed by atoms with van der Waals surface area (Å²) in [6, 6.07) is 9.62. The number of rotatable bonds is 10. The highest BCUT2D eigenvalue weighted by Crippen LogP contribution is 2.30. The van der Waals surface area contributed by atoms with E-state index in [4.69, 9.17) is 10.2 Å². The number of amides is 1. The zero-order chi connectivity index (χ0) is 24.8. The Bertz CT molecular complexity index is 1260. The van der Waals surface area contributed by atoms with Crippen molar-refractivity contribution in [3.05, 3.63) is 62.6 Å². The molecule has 3 N–H and O–H groups in total. The van der Waals surface area contributed by atoms with Crippen molar-refractivity contribution < 1.29 is 9.21 Å². The van der Waals surface area contributed by atoms with Gasteiger partial charge in [-0.1, -0.05) is 68.3 Å². The largest absolute Gasteiger partial charge is 0.416 e. The van der Waals surface area contributed by atoms with E-state index in [1.165, 1.54) is 9.47 Å². The molecule has 0 saturated heterocycles. The van der Waals surface area contributed by atoms with E-state index in [0.717, 1.165) is 55.9 Å². The molecule has 1 aliphatic carbocycles. The minimum absolute atomic E-state index is 0.00353. The number of aromatic amines is 1. The first-order valence-corrected chi connectivity index (χ1v) is 12.9. The predicted molar refractivity (Wildman–Crippen MR) is 135 cm³/mol. The number of hydrogen-bond acceptors (Lipinski definition) is 8. The number of nitrogen functional groups attached to an aromatic ring is 1. The van der Waals surface area contributed by atoms with Crippen LogP contribution in [0.3, 0.4) is 0 Å². The second-order valence-electron chi connectivity index (χ2n) is 8.61. The molecule has 1 aliphatic rings. The fourth-order valence-electron chi connectivity index (χ4n) is 4.35. The molecule has 3 aromatic rings. The highest BCUT2D eigenvalue weighted by molar-refractivity contribution is 7.99. The second-order valence-corrected chi connectivity index (χ2v) is 9.54. The molecule has 1 amide bonds. The molecule has 0 aliphatic heterocycles. The normalized spacial score (nSPS) is 13.9. The third-order valence-corrected chi connectivity index (χ3v) is 6.92. The van der Waals surface area contributed by atoms with Crippen molar-refractivity contribution >= 4 is 29.2 Å². The van der Waals surface area contributed by atoms with E-state index in [1.54, 1.807) is 0 Å². The van der Waals surface area contributed by atoms with E-state index < -0.39 is 11.2 Å². The van der Waals surface area contributed by atoms with Crippen molar-refractivity contribution in [2.45, 2.75) is 69.7 Å². The summed E-state index contributed by atoms with van der Waals surface area (Å²) in [7, 11) is 0. The number of carbonyl (C=O) groups is 1. The van der Waals surface area contributed by atoms with Crippen LogP contribution in [0.1, 0.15) is 56.9 Å². The summed E-state index contributed by atoms with van der Waals surface area (Å²) in [4.78, 5) is 42.5. The van der Waals surface area contributed by atoms with Gasteiger partial charge in [0.05, 0.1) is 12.2 Å². The molecule has 186 valence electrons. The summed E-state index contributed by atoms with van der Waals surface area (Å²) in [5.74, 6) is 0.196. The van der Waals surface area contributed by atoms with Gasteiger partial charge in [-0.05, 0) is 24.8 Å². The van der Waals surface area contributed by atoms with Crippen LogP contribution in [0.2, 0.25) is 0 Å². The average Bonchev–Trinajstić information content (AvgIpc) is 3.53. The topological polar surface area (TPSA) is 140 Å². The zero-order valence-electron chi connectivity index (χ0n) is 19.7. The molecule has 10 nitrogen and oxygen atoms in total. The van der Waals surface area contributed by atoms with Crippen molar-refractivity contribution in [2.75, 3.05) is 16.4 Å². The predicted octanol–water partition coefficient (Wildman–Crippen LogP) is 2.96. The summed E-state index contributed by atoms with van der Waals surface area (Å²) >= 11 is 1.12. The molecule has 4 rings (SSSR count). The summed E-state index contributed by atoms with van der Waals surface area (Å²) in [5, 5.41) is 8.40. The molecule has 0 radical (unpaired) electrons. The number of carbonyl (C=O) groups excluding carboxylic acids is 1. The lowest BCUT2D eigenvalue weighted by atomic mass is 10.2. The van der Waals surface area contributed by atoms with Gasteiger partial charge in [0, 0.05) is 12.6 Å². The zero-order valence-corrected chi connectivity index (χ0v) is 20.6. The van der Waals surface area contributed by atoms with E-state index in [1.807, 2.05) is 37.3 Å². The fourth-order valence-corrected chi connectivity index (χ4v) is 4.99. The van der Waals surface area contributed by atoms with Gasteiger partial charge in [-0.3, -0.25) is 19.1 Å². The smallest absolute Gasteiger partial charge is 0.330 e. The van der Waals surface area contributed by atoms with Crippen LogP contribution >= 0.6 is 11.8 Å². The van der Waals surface area contributed by atoms with Crippen molar-refractivity contribution in [1.29, 1.82) is 0 Å². The van der Waals surface area contributed by atoms with Crippen LogP contribution in [-0.4, -0.2) is 37.5 Å². The van der Waals surface area contributed by atoms with Crippen LogP contribution in [0, 0.1) is 0 Å². The molecule has 11 heteroatoms. The first kappa shape index (κ1) is 24.8. The molecular formula is C24H30N6O4S. The number of nitrogens with zero attached hydrogens (tertiary/aromatic N) is 4. The van der Waals surface area contributed by atoms with Gasteiger partial charge in [0.2, 0.25) is 11.8 Å². The van der Waals surface area contributed by atoms with Crippen molar-refractivity contribution in [2.24, 2.45) is 0 Å². The number of aromatic nitrogens is 4. The summed E-state index contributed by atoms with van der Waals surface area (Å²) in [6.07, 6.45) is 5.55. The lowest BCUT2D eigenvalue weighted by Crippen LogP contribution is -2.46. The van der Waals surface area contributed by atoms with Gasteiger partial charge in [0.15, 0.2) is 5.69 Å². The monoisotopic (exact) mass is 498 g/mol. The van der Waals surface area contributed by atoms with E-state index >= 15 is 0 Å². The van der Waals surface area contributed by atoms with Gasteiger partial charge < -0.3 is 15.1 Å². The lowest BCUT2D eigenvalue weighted by molar-refractivity contribution is -0.116. The Balaban J connectivity index is 1.54. The highest BCUT2D eigenvalue weighted by Gasteiger charge is 2.32. The Morgan fingerprint density at radius 3 is 2.69 bits per heavy atom. The number of benzene rings is 1. The van der Waals surface area contributed by atoms with Gasteiger partial charge in [-0.15, -0.1) is 10.2 Å². The minimum Gasteiger partial charge on any atom is -0.416 e. The summed E-state index contributed by atoms with van der Waals surface area (Å²) in [5.41, 5.74) is 6.21. The van der Waals surface area contributed by atoms with Crippen LogP contribution in [-0.2, 0) is 17.8 Å². The van der Waals surface area contributed by atoms with Crippen LogP contribution < -0.4 is 21.9 Å². The maximum Gasteiger partial charge on any atom is 0.330 e. The number of anilines is 2. The Labute approximate surface area is 206 Å². The van der Waals surface area contributed by atoms with Gasteiger partial charge >= 0.3 is 5.69 Å². The number of H-pyrrole nitrogens is 1. The molecule has 0 spiro atoms. The standard InChI is InChI=1S/C24H30N6O4S/c1-2-3-13-29-21(25)20(22(32)26-23(29)33)30(17-11-7-8-12-17)19(31)15-35-24-28-27-18(34-24)14-16-9-5-4-6-10-16/h4-6,9-10,17H,2-3,7-8,11-15,25H2,1H3,(H,26,32,33). The molecule has 2 aromatic heterocycles. The molecule has 0 atom stereocenters. The summed E-state index contributed by atoms with van der Waals surface area (Å²) < 4.78 is 7.05. The SMILES string of the molecule is CCCCn1c(N)c(N(C(=O)CSc2nnc(Cc3ccccc3)o2)C2CCCC2)c(=O)[nH]c1=O. The molecule has 0 bridgehead atoms. The molecule has 2 heterocycles. The lowest BCUT2D eigenvalue weighted by Gasteiger charge is -2.29. The first-order chi connectivity index (χ1) is 17.0. The Hall–Kier alpha value is -3.34. The van der Waals surface area contributed by atoms with Crippen molar-refractivity contribution in [1.82, 2.24) is 19.7 Å². The van der Waals surface area contributed by atoms with E-state index in [2.05, 4.69) is 15.2 Å². The highest BCUT2D eigenvalue weighted by atomic mass is 32.2. The number of unbranched alkanes of at least 4 members (excludes halogenated alkanes) is 1. The number of hydrogen-bond donors (Lipinski definition) is 2. The molecule has 1 saturated carbocycles. The van der Waals surface area contributed by atoms with Crippen LogP contribution in [0.15, 0.2) is 49.6 Å². The Morgan fingerprint density at radius 2 is 1.97 bits per heavy atom. The van der Waals surface area contributed by atoms with Gasteiger partial charge in [-0.25, -0.2) is 4.79 Å². The van der Waals surface area contributed by atoms with Crippen molar-refractivity contribution in [3.8, 4) is 0 Å². The average molecular weight is 499 g/mol. The third kappa shape index (κ3) is 5.84. The Morgan fingerprint density at radius 1 is 1.23 bits per heavy atom. The van der Waals surface area contributed by atoms with Crippen LogP contribution in [0.25, 0.3) is 0 Å². The number of nitrogens with two attached hydrogens (primary N) is 1. The number of thioether (sulfide) groups is 1. The van der Waals surface area contributed by atoms with E-state index in [-0.39, 0.29) is 34.4 Å². The van der Waals surface area contributed by atoms with Gasteiger partial charge in [-0.2, -0.15) is 0 Å². The second kappa shape index (κ2) is 11.4. The summed E-state index contributed by atoms with van der Waals surface area (Å²) in [6.45, 7) is 2.38. The van der Waals surface area contributed by atoms with Crippen LogP contribution in [0.4, 0.5) is 11.5 Å². The van der Waals surface area contributed by atoms with E-state index in [0.29, 0.717) is 18.9 Å². The molecule has 1 aromatic carbocycles. The van der Waals surface area contributed by atoms with Gasteiger partial charge in [0.1, 0.15) is 5.82 Å². The first-order valence-electron chi connectivity index (χ1n) is 11.9. The third-order valence-electron chi connectivity index (χ3n) is 6.11. The van der Waals surface area contributed by atoms with Crippen molar-refractivity contribution in [3.63, 3.8) is 0 Å². The number of nitrogens with one attached hydrogen (secondary N) is 1. The van der Waals surface area contributed by atoms with Crippen LogP contribution in [0.5, 0.6) is 0 Å². The maximum atomic E-state index is 13.4. The Kier molecular flexibility index (Phi) is 8.06. The quantitative estimate of drug-likeness (QED) is 0.407. The molecule has 35 heavy (non-hydrogen) atoms. The maximum absolute atomic E-state index is 13.4. The minimum atomic E-state index is -0.645. The van der Waals surface area contributed by atoms with E-state index in [9.17, 15) is 14.4 Å². The molecular weight excluding hydrogens is 468 g/mol. The van der Waals surface area contributed by atoms with Gasteiger partial charge in [0.25, 0.3) is 10.8 Å². The molecule has 1 fully saturated rings.